The molecule has 0 N–H and O–H groups in total. The number of ether oxygens (including phenoxy) is 1. The predicted octanol–water partition coefficient (Wildman–Crippen LogP) is 2.14. The third-order valence-electron chi connectivity index (χ3n) is 4.23. The molecule has 0 spiro atoms. The Balaban J connectivity index is 1.45. The van der Waals surface area contributed by atoms with Crippen LogP contribution in [-0.2, 0) is 11.3 Å². The lowest BCUT2D eigenvalue weighted by Gasteiger charge is -2.34. The van der Waals surface area contributed by atoms with Gasteiger partial charge in [-0.2, -0.15) is 8.78 Å². The number of hydrogen-bond acceptors (Lipinski definition) is 4. The van der Waals surface area contributed by atoms with Crippen molar-refractivity contribution in [2.45, 2.75) is 13.1 Å². The van der Waals surface area contributed by atoms with E-state index in [0.29, 0.717) is 44.3 Å². The second-order valence-corrected chi connectivity index (χ2v) is 5.93. The van der Waals surface area contributed by atoms with Crippen LogP contribution in [0.1, 0.15) is 12.4 Å². The minimum atomic E-state index is -2.61. The van der Waals surface area contributed by atoms with Crippen molar-refractivity contribution in [3.05, 3.63) is 48.3 Å². The summed E-state index contributed by atoms with van der Waals surface area (Å²) in [5.41, 5.74) is 0. The molecule has 140 valence electrons. The third-order valence-corrected chi connectivity index (χ3v) is 4.23. The molecule has 1 amide bonds. The zero-order valence-corrected chi connectivity index (χ0v) is 14.0. The maximum Gasteiger partial charge on any atom is 0.319 e. The number of imidazole rings is 1. The van der Waals surface area contributed by atoms with Crippen molar-refractivity contribution in [1.29, 1.82) is 0 Å². The minimum absolute atomic E-state index is 0.124. The van der Waals surface area contributed by atoms with E-state index in [2.05, 4.69) is 4.98 Å². The lowest BCUT2D eigenvalue weighted by Crippen LogP contribution is -2.49. The van der Waals surface area contributed by atoms with Crippen molar-refractivity contribution >= 4 is 5.91 Å². The predicted molar refractivity (Wildman–Crippen MR) is 87.2 cm³/mol. The molecular formula is C17H19F3N4O2. The molecule has 0 radical (unpaired) electrons. The van der Waals surface area contributed by atoms with Crippen molar-refractivity contribution in [3.8, 4) is 5.75 Å². The number of aromatic nitrogens is 2. The van der Waals surface area contributed by atoms with Crippen molar-refractivity contribution in [2.24, 2.45) is 0 Å². The maximum atomic E-state index is 12.8. The lowest BCUT2D eigenvalue weighted by molar-refractivity contribution is -0.135. The molecule has 2 heterocycles. The molecule has 6 nitrogen and oxygen atoms in total. The van der Waals surface area contributed by atoms with Gasteiger partial charge in [0, 0.05) is 38.6 Å². The highest BCUT2D eigenvalue weighted by Gasteiger charge is 2.23. The molecule has 9 heteroatoms. The molecular weight excluding hydrogens is 349 g/mol. The first kappa shape index (κ1) is 18.2. The van der Waals surface area contributed by atoms with E-state index < -0.39 is 6.55 Å². The maximum absolute atomic E-state index is 12.8. The Labute approximate surface area is 148 Å². The van der Waals surface area contributed by atoms with Gasteiger partial charge in [0.25, 0.3) is 5.91 Å². The van der Waals surface area contributed by atoms with Crippen LogP contribution < -0.4 is 4.74 Å². The monoisotopic (exact) mass is 368 g/mol. The average molecular weight is 368 g/mol. The summed E-state index contributed by atoms with van der Waals surface area (Å²) in [6, 6.07) is 5.46. The molecule has 0 unspecified atom stereocenters. The Bertz CT molecular complexity index is 728. The Kier molecular flexibility index (Phi) is 5.77. The molecule has 2 aromatic rings. The highest BCUT2D eigenvalue weighted by atomic mass is 19.3. The largest absolute Gasteiger partial charge is 0.484 e. The van der Waals surface area contributed by atoms with Gasteiger partial charge >= 0.3 is 6.55 Å². The standard InChI is InChI=1S/C17H19F3N4O2/c18-13-1-3-14(4-2-13)26-12-16(25)23-9-7-22(8-10-23)11-15-21-5-6-24(15)17(19)20/h1-6,17H,7-12H2. The molecule has 0 aliphatic carbocycles. The van der Waals surface area contributed by atoms with E-state index in [1.165, 1.54) is 36.7 Å². The van der Waals surface area contributed by atoms with Gasteiger partial charge < -0.3 is 9.64 Å². The fourth-order valence-electron chi connectivity index (χ4n) is 2.77. The SMILES string of the molecule is O=C(COc1ccc(F)cc1)N1CCN(Cc2nccn2C(F)F)CC1. The number of alkyl halides is 2. The number of amides is 1. The van der Waals surface area contributed by atoms with E-state index >= 15 is 0 Å². The summed E-state index contributed by atoms with van der Waals surface area (Å²) in [4.78, 5) is 19.8. The second kappa shape index (κ2) is 8.22. The number of carbonyl (C=O) groups excluding carboxylic acids is 1. The number of hydrogen-bond donors (Lipinski definition) is 0. The van der Waals surface area contributed by atoms with Crippen molar-refractivity contribution in [3.63, 3.8) is 0 Å². The Hall–Kier alpha value is -2.55. The van der Waals surface area contributed by atoms with Crippen LogP contribution in [0.5, 0.6) is 5.75 Å². The summed E-state index contributed by atoms with van der Waals surface area (Å²) in [6.45, 7) is -0.315. The van der Waals surface area contributed by atoms with Crippen LogP contribution in [0.4, 0.5) is 13.2 Å². The average Bonchev–Trinajstić information content (AvgIpc) is 3.10. The van der Waals surface area contributed by atoms with Gasteiger partial charge in [-0.25, -0.2) is 9.37 Å². The van der Waals surface area contributed by atoms with E-state index in [1.807, 2.05) is 4.90 Å². The Morgan fingerprint density at radius 3 is 2.50 bits per heavy atom. The number of rotatable bonds is 6. The van der Waals surface area contributed by atoms with Crippen LogP contribution in [0.3, 0.4) is 0 Å². The van der Waals surface area contributed by atoms with E-state index in [-0.39, 0.29) is 18.3 Å². The molecule has 0 atom stereocenters. The van der Waals surface area contributed by atoms with E-state index in [0.717, 1.165) is 4.57 Å². The van der Waals surface area contributed by atoms with Crippen molar-refractivity contribution in [1.82, 2.24) is 19.4 Å². The van der Waals surface area contributed by atoms with Crippen molar-refractivity contribution < 1.29 is 22.7 Å². The third kappa shape index (κ3) is 4.54. The van der Waals surface area contributed by atoms with Gasteiger partial charge in [0.2, 0.25) is 0 Å². The molecule has 1 aromatic carbocycles. The van der Waals surface area contributed by atoms with Crippen molar-refractivity contribution in [2.75, 3.05) is 32.8 Å². The number of carbonyl (C=O) groups is 1. The van der Waals surface area contributed by atoms with Gasteiger partial charge in [0.1, 0.15) is 17.4 Å². The molecule has 1 fully saturated rings. The molecule has 3 rings (SSSR count). The minimum Gasteiger partial charge on any atom is -0.484 e. The number of halogens is 3. The zero-order valence-electron chi connectivity index (χ0n) is 14.0. The Morgan fingerprint density at radius 1 is 1.15 bits per heavy atom. The summed E-state index contributed by atoms with van der Waals surface area (Å²) in [7, 11) is 0. The van der Waals surface area contributed by atoms with Gasteiger partial charge in [-0.3, -0.25) is 14.3 Å². The molecule has 1 aliphatic rings. The number of nitrogens with zero attached hydrogens (tertiary/aromatic N) is 4. The van der Waals surface area contributed by atoms with Crippen LogP contribution in [0, 0.1) is 5.82 Å². The van der Waals surface area contributed by atoms with Crippen LogP contribution >= 0.6 is 0 Å². The molecule has 1 saturated heterocycles. The van der Waals surface area contributed by atoms with E-state index in [4.69, 9.17) is 4.74 Å². The summed E-state index contributed by atoms with van der Waals surface area (Å²) in [5, 5.41) is 0. The quantitative estimate of drug-likeness (QED) is 0.784. The number of benzene rings is 1. The summed E-state index contributed by atoms with van der Waals surface area (Å²) >= 11 is 0. The summed E-state index contributed by atoms with van der Waals surface area (Å²) in [5.74, 6) is 0.201. The van der Waals surface area contributed by atoms with Gasteiger partial charge in [0.05, 0.1) is 6.54 Å². The fourth-order valence-corrected chi connectivity index (χ4v) is 2.77. The molecule has 1 aromatic heterocycles. The first-order valence-electron chi connectivity index (χ1n) is 8.21. The second-order valence-electron chi connectivity index (χ2n) is 5.93. The van der Waals surface area contributed by atoms with Crippen LogP contribution in [0.2, 0.25) is 0 Å². The van der Waals surface area contributed by atoms with Crippen LogP contribution in [0.25, 0.3) is 0 Å². The van der Waals surface area contributed by atoms with Gasteiger partial charge in [-0.15, -0.1) is 0 Å². The molecule has 0 saturated carbocycles. The smallest absolute Gasteiger partial charge is 0.319 e. The van der Waals surface area contributed by atoms with E-state index in [9.17, 15) is 18.0 Å². The zero-order chi connectivity index (χ0) is 18.5. The first-order chi connectivity index (χ1) is 12.5. The van der Waals surface area contributed by atoms with Gasteiger partial charge in [-0.1, -0.05) is 0 Å². The highest BCUT2D eigenvalue weighted by Crippen LogP contribution is 2.15. The molecule has 0 bridgehead atoms. The topological polar surface area (TPSA) is 50.6 Å². The summed E-state index contributed by atoms with van der Waals surface area (Å²) < 4.78 is 44.7. The van der Waals surface area contributed by atoms with E-state index in [1.54, 1.807) is 4.90 Å². The van der Waals surface area contributed by atoms with Gasteiger partial charge in [-0.05, 0) is 24.3 Å². The normalized spacial score (nSPS) is 15.5. The lowest BCUT2D eigenvalue weighted by atomic mass is 10.3. The molecule has 1 aliphatic heterocycles. The number of piperazine rings is 1. The highest BCUT2D eigenvalue weighted by molar-refractivity contribution is 5.77. The Morgan fingerprint density at radius 2 is 1.85 bits per heavy atom. The first-order valence-corrected chi connectivity index (χ1v) is 8.21. The van der Waals surface area contributed by atoms with Crippen LogP contribution in [0.15, 0.2) is 36.7 Å². The van der Waals surface area contributed by atoms with Crippen LogP contribution in [-0.4, -0.2) is 58.0 Å². The van der Waals surface area contributed by atoms with Gasteiger partial charge in [0.15, 0.2) is 6.61 Å². The summed E-state index contributed by atoms with van der Waals surface area (Å²) in [6.07, 6.45) is 2.61. The molecule has 26 heavy (non-hydrogen) atoms. The fraction of sp³-hybridized carbons (Fsp3) is 0.412.